The van der Waals surface area contributed by atoms with Gasteiger partial charge >= 0.3 is 0 Å². The molecule has 0 spiro atoms. The van der Waals surface area contributed by atoms with E-state index in [2.05, 4.69) is 10.4 Å². The van der Waals surface area contributed by atoms with E-state index < -0.39 is 17.5 Å². The first-order chi connectivity index (χ1) is 12.0. The van der Waals surface area contributed by atoms with Crippen LogP contribution in [0.4, 0.5) is 8.78 Å². The van der Waals surface area contributed by atoms with E-state index >= 15 is 0 Å². The fourth-order valence-electron chi connectivity index (χ4n) is 2.32. The minimum Gasteiger partial charge on any atom is -0.352 e. The van der Waals surface area contributed by atoms with Crippen molar-refractivity contribution in [2.75, 3.05) is 6.54 Å². The molecule has 0 aliphatic heterocycles. The fourth-order valence-corrected chi connectivity index (χ4v) is 2.56. The van der Waals surface area contributed by atoms with Crippen LogP contribution in [0, 0.1) is 11.6 Å². The second-order valence-corrected chi connectivity index (χ2v) is 5.79. The molecule has 0 unspecified atom stereocenters. The maximum atomic E-state index is 13.2. The van der Waals surface area contributed by atoms with E-state index in [4.69, 9.17) is 11.6 Å². The molecule has 1 amide bonds. The minimum atomic E-state index is -1.11. The summed E-state index contributed by atoms with van der Waals surface area (Å²) in [7, 11) is 0. The van der Waals surface area contributed by atoms with Gasteiger partial charge in [0.05, 0.1) is 22.5 Å². The third-order valence-corrected chi connectivity index (χ3v) is 3.92. The normalized spacial score (nSPS) is 10.7. The van der Waals surface area contributed by atoms with Crippen molar-refractivity contribution in [1.29, 1.82) is 0 Å². The van der Waals surface area contributed by atoms with Gasteiger partial charge in [0.15, 0.2) is 11.6 Å². The SMILES string of the molecule is O=C(NCCc1cnn(-c2ccccc2)c1)c1cc(F)c(F)cc1Cl. The Bertz CT molecular complexity index is 897. The Hall–Kier alpha value is -2.73. The lowest BCUT2D eigenvalue weighted by atomic mass is 10.2. The van der Waals surface area contributed by atoms with Crippen molar-refractivity contribution < 1.29 is 13.6 Å². The zero-order valence-corrected chi connectivity index (χ0v) is 13.8. The number of hydrogen-bond donors (Lipinski definition) is 1. The minimum absolute atomic E-state index is 0.0967. The summed E-state index contributed by atoms with van der Waals surface area (Å²) in [4.78, 5) is 12.0. The van der Waals surface area contributed by atoms with Gasteiger partial charge in [0, 0.05) is 12.7 Å². The van der Waals surface area contributed by atoms with Crippen molar-refractivity contribution >= 4 is 17.5 Å². The first-order valence-electron chi connectivity index (χ1n) is 7.56. The van der Waals surface area contributed by atoms with Crippen LogP contribution < -0.4 is 5.32 Å². The Morgan fingerprint density at radius 2 is 1.88 bits per heavy atom. The fraction of sp³-hybridized carbons (Fsp3) is 0.111. The van der Waals surface area contributed by atoms with Crippen LogP contribution in [0.3, 0.4) is 0 Å². The summed E-state index contributed by atoms with van der Waals surface area (Å²) in [5.41, 5.74) is 1.77. The van der Waals surface area contributed by atoms with Crippen LogP contribution in [-0.2, 0) is 6.42 Å². The van der Waals surface area contributed by atoms with Gasteiger partial charge in [-0.2, -0.15) is 5.10 Å². The highest BCUT2D eigenvalue weighted by molar-refractivity contribution is 6.33. The zero-order valence-electron chi connectivity index (χ0n) is 13.0. The van der Waals surface area contributed by atoms with Gasteiger partial charge in [-0.25, -0.2) is 13.5 Å². The molecule has 0 radical (unpaired) electrons. The van der Waals surface area contributed by atoms with E-state index in [0.29, 0.717) is 13.0 Å². The first kappa shape index (κ1) is 17.1. The quantitative estimate of drug-likeness (QED) is 0.703. The third kappa shape index (κ3) is 4.03. The smallest absolute Gasteiger partial charge is 0.252 e. The van der Waals surface area contributed by atoms with Crippen LogP contribution in [0.25, 0.3) is 5.69 Å². The molecular weight excluding hydrogens is 348 g/mol. The first-order valence-corrected chi connectivity index (χ1v) is 7.94. The molecule has 0 saturated carbocycles. The molecule has 25 heavy (non-hydrogen) atoms. The largest absolute Gasteiger partial charge is 0.352 e. The highest BCUT2D eigenvalue weighted by Gasteiger charge is 2.14. The molecule has 7 heteroatoms. The number of carbonyl (C=O) groups excluding carboxylic acids is 1. The van der Waals surface area contributed by atoms with Gasteiger partial charge in [0.25, 0.3) is 5.91 Å². The molecule has 0 bridgehead atoms. The van der Waals surface area contributed by atoms with Gasteiger partial charge in [0.2, 0.25) is 0 Å². The molecule has 4 nitrogen and oxygen atoms in total. The maximum Gasteiger partial charge on any atom is 0.252 e. The van der Waals surface area contributed by atoms with E-state index in [1.807, 2.05) is 36.5 Å². The molecule has 3 rings (SSSR count). The Labute approximate surface area is 148 Å². The highest BCUT2D eigenvalue weighted by Crippen LogP contribution is 2.19. The number of benzene rings is 2. The molecule has 0 aliphatic rings. The van der Waals surface area contributed by atoms with Crippen LogP contribution in [0.5, 0.6) is 0 Å². The van der Waals surface area contributed by atoms with Crippen molar-refractivity contribution in [2.24, 2.45) is 0 Å². The predicted molar refractivity (Wildman–Crippen MR) is 91.0 cm³/mol. The topological polar surface area (TPSA) is 46.9 Å². The lowest BCUT2D eigenvalue weighted by molar-refractivity contribution is 0.0953. The van der Waals surface area contributed by atoms with Crippen LogP contribution in [0.2, 0.25) is 5.02 Å². The van der Waals surface area contributed by atoms with Gasteiger partial charge < -0.3 is 5.32 Å². The number of nitrogens with one attached hydrogen (secondary N) is 1. The number of nitrogens with zero attached hydrogens (tertiary/aromatic N) is 2. The van der Waals surface area contributed by atoms with Gasteiger partial charge in [0.1, 0.15) is 0 Å². The zero-order chi connectivity index (χ0) is 17.8. The van der Waals surface area contributed by atoms with Crippen LogP contribution in [0.15, 0.2) is 54.9 Å². The van der Waals surface area contributed by atoms with Crippen molar-refractivity contribution in [3.05, 3.63) is 82.6 Å². The number of halogens is 3. The number of carbonyl (C=O) groups is 1. The second-order valence-electron chi connectivity index (χ2n) is 5.38. The van der Waals surface area contributed by atoms with Crippen molar-refractivity contribution in [3.8, 4) is 5.69 Å². The van der Waals surface area contributed by atoms with E-state index in [1.54, 1.807) is 10.9 Å². The average molecular weight is 362 g/mol. The monoisotopic (exact) mass is 361 g/mol. The molecule has 128 valence electrons. The molecule has 1 N–H and O–H groups in total. The van der Waals surface area contributed by atoms with Crippen LogP contribution >= 0.6 is 11.6 Å². The van der Waals surface area contributed by atoms with Crippen LogP contribution in [0.1, 0.15) is 15.9 Å². The third-order valence-electron chi connectivity index (χ3n) is 3.61. The molecule has 0 atom stereocenters. The van der Waals surface area contributed by atoms with E-state index in [0.717, 1.165) is 23.4 Å². The Morgan fingerprint density at radius 3 is 2.64 bits per heavy atom. The number of para-hydroxylation sites is 1. The van der Waals surface area contributed by atoms with Crippen molar-refractivity contribution in [2.45, 2.75) is 6.42 Å². The number of hydrogen-bond acceptors (Lipinski definition) is 2. The van der Waals surface area contributed by atoms with Crippen molar-refractivity contribution in [3.63, 3.8) is 0 Å². The number of rotatable bonds is 5. The summed E-state index contributed by atoms with van der Waals surface area (Å²) >= 11 is 5.78. The highest BCUT2D eigenvalue weighted by atomic mass is 35.5. The molecular formula is C18H14ClF2N3O. The predicted octanol–water partition coefficient (Wildman–Crippen LogP) is 3.78. The Balaban J connectivity index is 1.59. The summed E-state index contributed by atoms with van der Waals surface area (Å²) in [6, 6.07) is 11.2. The lowest BCUT2D eigenvalue weighted by Crippen LogP contribution is -2.26. The number of amides is 1. The summed E-state index contributed by atoms with van der Waals surface area (Å²) in [5, 5.41) is 6.77. The van der Waals surface area contributed by atoms with Gasteiger partial charge in [-0.15, -0.1) is 0 Å². The number of aromatic nitrogens is 2. The molecule has 0 fully saturated rings. The molecule has 2 aromatic carbocycles. The molecule has 3 aromatic rings. The summed E-state index contributed by atoms with van der Waals surface area (Å²) in [6.07, 6.45) is 4.12. The van der Waals surface area contributed by atoms with Gasteiger partial charge in [-0.05, 0) is 36.2 Å². The van der Waals surface area contributed by atoms with E-state index in [-0.39, 0.29) is 10.6 Å². The summed E-state index contributed by atoms with van der Waals surface area (Å²) in [5.74, 6) is -2.76. The lowest BCUT2D eigenvalue weighted by Gasteiger charge is -2.07. The average Bonchev–Trinajstić information content (AvgIpc) is 3.08. The van der Waals surface area contributed by atoms with Crippen LogP contribution in [-0.4, -0.2) is 22.2 Å². The molecule has 0 aliphatic carbocycles. The van der Waals surface area contributed by atoms with E-state index in [9.17, 15) is 13.6 Å². The summed E-state index contributed by atoms with van der Waals surface area (Å²) < 4.78 is 28.0. The molecule has 1 aromatic heterocycles. The van der Waals surface area contributed by atoms with Gasteiger partial charge in [-0.1, -0.05) is 29.8 Å². The summed E-state index contributed by atoms with van der Waals surface area (Å²) in [6.45, 7) is 0.314. The molecule has 1 heterocycles. The van der Waals surface area contributed by atoms with E-state index in [1.165, 1.54) is 0 Å². The Morgan fingerprint density at radius 1 is 1.16 bits per heavy atom. The maximum absolute atomic E-state index is 13.2. The standard InChI is InChI=1S/C18H14ClF2N3O/c19-15-9-17(21)16(20)8-14(15)18(25)22-7-6-12-10-23-24(11-12)13-4-2-1-3-5-13/h1-5,8-11H,6-7H2,(H,22,25). The Kier molecular flexibility index (Phi) is 5.09. The second kappa shape index (κ2) is 7.44. The van der Waals surface area contributed by atoms with Crippen molar-refractivity contribution in [1.82, 2.24) is 15.1 Å². The van der Waals surface area contributed by atoms with Gasteiger partial charge in [-0.3, -0.25) is 4.79 Å². The molecule has 0 saturated heterocycles.